The minimum atomic E-state index is -0.187. The molecular weight excluding hydrogens is 438 g/mol. The molecule has 2 amide bonds. The van der Waals surface area contributed by atoms with Crippen molar-refractivity contribution in [2.45, 2.75) is 31.1 Å². The van der Waals surface area contributed by atoms with Gasteiger partial charge in [-0.05, 0) is 50.1 Å². The highest BCUT2D eigenvalue weighted by molar-refractivity contribution is 8.00. The molecule has 0 aliphatic heterocycles. The van der Waals surface area contributed by atoms with Crippen molar-refractivity contribution >= 4 is 46.8 Å². The first-order valence-corrected chi connectivity index (χ1v) is 11.7. The number of rotatable bonds is 9. The summed E-state index contributed by atoms with van der Waals surface area (Å²) in [6.45, 7) is 1.90. The Hall–Kier alpha value is -3.66. The number of carbonyl (C=O) groups is 2. The third-order valence-electron chi connectivity index (χ3n) is 4.85. The Morgan fingerprint density at radius 2 is 1.82 bits per heavy atom. The van der Waals surface area contributed by atoms with Crippen molar-refractivity contribution in [3.8, 4) is 0 Å². The number of anilines is 4. The number of nitrogens with one attached hydrogen (secondary N) is 3. The summed E-state index contributed by atoms with van der Waals surface area (Å²) in [6.07, 6.45) is 2.04. The number of nitrogens with zero attached hydrogens (tertiary/aromatic N) is 3. The molecule has 0 bridgehead atoms. The minimum absolute atomic E-state index is 0.108. The Labute approximate surface area is 196 Å². The van der Waals surface area contributed by atoms with Crippen LogP contribution in [-0.2, 0) is 4.79 Å². The fraction of sp³-hybridized carbons (Fsp3) is 0.261. The van der Waals surface area contributed by atoms with Gasteiger partial charge in [-0.25, -0.2) is 0 Å². The van der Waals surface area contributed by atoms with Gasteiger partial charge in [0, 0.05) is 23.0 Å². The maximum Gasteiger partial charge on any atom is 0.251 e. The summed E-state index contributed by atoms with van der Waals surface area (Å²) in [4.78, 5) is 37.5. The Balaban J connectivity index is 1.32. The topological polar surface area (TPSA) is 135 Å². The molecule has 1 heterocycles. The van der Waals surface area contributed by atoms with E-state index in [1.807, 2.05) is 37.3 Å². The maximum absolute atomic E-state index is 12.5. The fourth-order valence-electron chi connectivity index (χ4n) is 3.00. The monoisotopic (exact) mass is 463 g/mol. The third-order valence-corrected chi connectivity index (χ3v) is 5.99. The van der Waals surface area contributed by atoms with Crippen LogP contribution < -0.4 is 21.7 Å². The first-order valence-electron chi connectivity index (χ1n) is 10.6. The van der Waals surface area contributed by atoms with Gasteiger partial charge in [0.15, 0.2) is 0 Å². The summed E-state index contributed by atoms with van der Waals surface area (Å²) in [5.74, 6) is 0.823. The van der Waals surface area contributed by atoms with Crippen molar-refractivity contribution < 1.29 is 9.59 Å². The van der Waals surface area contributed by atoms with Crippen molar-refractivity contribution in [2.24, 2.45) is 0 Å². The molecule has 0 saturated heterocycles. The zero-order valence-corrected chi connectivity index (χ0v) is 18.9. The summed E-state index contributed by atoms with van der Waals surface area (Å²) in [6, 6.07) is 16.7. The van der Waals surface area contributed by atoms with E-state index in [4.69, 9.17) is 5.73 Å². The fourth-order valence-corrected chi connectivity index (χ4v) is 3.73. The van der Waals surface area contributed by atoms with Crippen LogP contribution in [-0.4, -0.2) is 38.6 Å². The van der Waals surface area contributed by atoms with Crippen LogP contribution in [0, 0.1) is 0 Å². The van der Waals surface area contributed by atoms with Crippen molar-refractivity contribution in [1.29, 1.82) is 0 Å². The molecule has 2 aromatic carbocycles. The van der Waals surface area contributed by atoms with E-state index in [1.54, 1.807) is 24.3 Å². The molecule has 1 aliphatic carbocycles. The van der Waals surface area contributed by atoms with Gasteiger partial charge >= 0.3 is 0 Å². The normalized spacial score (nSPS) is 13.7. The largest absolute Gasteiger partial charge is 0.368 e. The van der Waals surface area contributed by atoms with E-state index in [1.165, 1.54) is 11.8 Å². The molecule has 0 spiro atoms. The SMILES string of the molecule is CC(SCC(=O)Nc1cccc(C(=O)NC2CC2)c1)c1nc(N)nc(Nc2ccccc2)n1. The Morgan fingerprint density at radius 1 is 1.06 bits per heavy atom. The van der Waals surface area contributed by atoms with E-state index in [0.717, 1.165) is 18.5 Å². The van der Waals surface area contributed by atoms with Crippen molar-refractivity contribution in [3.63, 3.8) is 0 Å². The lowest BCUT2D eigenvalue weighted by Crippen LogP contribution is -2.25. The number of hydrogen-bond donors (Lipinski definition) is 4. The average Bonchev–Trinajstić information content (AvgIpc) is 3.62. The van der Waals surface area contributed by atoms with E-state index in [9.17, 15) is 9.59 Å². The molecule has 10 heteroatoms. The van der Waals surface area contributed by atoms with Crippen LogP contribution in [0.5, 0.6) is 0 Å². The molecule has 1 aliphatic rings. The number of para-hydroxylation sites is 1. The summed E-state index contributed by atoms with van der Waals surface area (Å²) in [5.41, 5.74) is 7.80. The van der Waals surface area contributed by atoms with Gasteiger partial charge in [-0.2, -0.15) is 15.0 Å². The molecule has 1 aromatic heterocycles. The molecule has 9 nitrogen and oxygen atoms in total. The molecular formula is C23H25N7O2S. The predicted molar refractivity (Wildman–Crippen MR) is 130 cm³/mol. The average molecular weight is 464 g/mol. The van der Waals surface area contributed by atoms with Gasteiger partial charge in [-0.15, -0.1) is 11.8 Å². The number of nitrogens with two attached hydrogens (primary N) is 1. The van der Waals surface area contributed by atoms with Crippen LogP contribution in [0.3, 0.4) is 0 Å². The first-order chi connectivity index (χ1) is 16.0. The van der Waals surface area contributed by atoms with Gasteiger partial charge in [0.05, 0.1) is 11.0 Å². The van der Waals surface area contributed by atoms with Crippen molar-refractivity contribution in [1.82, 2.24) is 20.3 Å². The Kier molecular flexibility index (Phi) is 7.04. The smallest absolute Gasteiger partial charge is 0.251 e. The van der Waals surface area contributed by atoms with E-state index in [0.29, 0.717) is 23.0 Å². The molecule has 3 aromatic rings. The van der Waals surface area contributed by atoms with E-state index >= 15 is 0 Å². The second-order valence-electron chi connectivity index (χ2n) is 7.70. The zero-order valence-electron chi connectivity index (χ0n) is 18.1. The van der Waals surface area contributed by atoms with Crippen molar-refractivity contribution in [2.75, 3.05) is 22.1 Å². The summed E-state index contributed by atoms with van der Waals surface area (Å²) >= 11 is 1.38. The number of amides is 2. The number of carbonyl (C=O) groups excluding carboxylic acids is 2. The zero-order chi connectivity index (χ0) is 23.2. The first kappa shape index (κ1) is 22.5. The predicted octanol–water partition coefficient (Wildman–Crippen LogP) is 3.52. The second-order valence-corrected chi connectivity index (χ2v) is 9.03. The lowest BCUT2D eigenvalue weighted by Gasteiger charge is -2.13. The number of benzene rings is 2. The standard InChI is InChI=1S/C23H25N7O2S/c1-14(20-28-22(24)30-23(29-20)27-16-7-3-2-4-8-16)33-13-19(31)25-18-9-5-6-15(12-18)21(32)26-17-10-11-17/h2-9,12,14,17H,10-11,13H2,1H3,(H,25,31)(H,26,32)(H3,24,27,28,29,30). The van der Waals surface area contributed by atoms with Gasteiger partial charge < -0.3 is 21.7 Å². The van der Waals surface area contributed by atoms with Crippen LogP contribution in [0.15, 0.2) is 54.6 Å². The van der Waals surface area contributed by atoms with Crippen LogP contribution in [0.25, 0.3) is 0 Å². The molecule has 0 radical (unpaired) electrons. The van der Waals surface area contributed by atoms with Gasteiger partial charge in [-0.1, -0.05) is 24.3 Å². The molecule has 1 atom stereocenters. The number of aromatic nitrogens is 3. The highest BCUT2D eigenvalue weighted by atomic mass is 32.2. The van der Waals surface area contributed by atoms with Crippen LogP contribution in [0.4, 0.5) is 23.3 Å². The molecule has 1 saturated carbocycles. The number of hydrogen-bond acceptors (Lipinski definition) is 8. The van der Waals surface area contributed by atoms with Crippen LogP contribution in [0.2, 0.25) is 0 Å². The van der Waals surface area contributed by atoms with Gasteiger partial charge in [0.25, 0.3) is 5.91 Å². The van der Waals surface area contributed by atoms with Crippen molar-refractivity contribution in [3.05, 3.63) is 66.0 Å². The Bertz CT molecular complexity index is 1140. The molecule has 1 fully saturated rings. The lowest BCUT2D eigenvalue weighted by molar-refractivity contribution is -0.113. The maximum atomic E-state index is 12.5. The molecule has 4 rings (SSSR count). The summed E-state index contributed by atoms with van der Waals surface area (Å²) in [7, 11) is 0. The number of nitrogen functional groups attached to an aromatic ring is 1. The minimum Gasteiger partial charge on any atom is -0.368 e. The summed E-state index contributed by atoms with van der Waals surface area (Å²) in [5, 5.41) is 8.70. The molecule has 170 valence electrons. The third kappa shape index (κ3) is 6.66. The second kappa shape index (κ2) is 10.3. The van der Waals surface area contributed by atoms with E-state index < -0.39 is 0 Å². The highest BCUT2D eigenvalue weighted by Crippen LogP contribution is 2.27. The molecule has 33 heavy (non-hydrogen) atoms. The highest BCUT2D eigenvalue weighted by Gasteiger charge is 2.24. The van der Waals surface area contributed by atoms with Crippen LogP contribution in [0.1, 0.15) is 41.2 Å². The van der Waals surface area contributed by atoms with Gasteiger partial charge in [-0.3, -0.25) is 9.59 Å². The summed E-state index contributed by atoms with van der Waals surface area (Å²) < 4.78 is 0. The number of thioether (sulfide) groups is 1. The Morgan fingerprint density at radius 3 is 2.58 bits per heavy atom. The quantitative estimate of drug-likeness (QED) is 0.379. The van der Waals surface area contributed by atoms with Crippen LogP contribution >= 0.6 is 11.8 Å². The van der Waals surface area contributed by atoms with E-state index in [-0.39, 0.29) is 34.8 Å². The molecule has 5 N–H and O–H groups in total. The van der Waals surface area contributed by atoms with Gasteiger partial charge in [0.1, 0.15) is 5.82 Å². The van der Waals surface area contributed by atoms with E-state index in [2.05, 4.69) is 30.9 Å². The molecule has 1 unspecified atom stereocenters. The lowest BCUT2D eigenvalue weighted by atomic mass is 10.2. The van der Waals surface area contributed by atoms with Gasteiger partial charge in [0.2, 0.25) is 17.8 Å².